The van der Waals surface area contributed by atoms with Gasteiger partial charge in [-0.3, -0.25) is 0 Å². The van der Waals surface area contributed by atoms with Gasteiger partial charge in [-0.2, -0.15) is 0 Å². The molecule has 2 saturated heterocycles. The Bertz CT molecular complexity index is 253. The van der Waals surface area contributed by atoms with Crippen LogP contribution in [0.2, 0.25) is 0 Å². The minimum absolute atomic E-state index is 0.193. The zero-order valence-corrected chi connectivity index (χ0v) is 9.99. The number of hydrogen-bond acceptors (Lipinski definition) is 2. The van der Waals surface area contributed by atoms with Crippen LogP contribution < -0.4 is 0 Å². The van der Waals surface area contributed by atoms with Crippen molar-refractivity contribution >= 4 is 6.03 Å². The average molecular weight is 211 g/mol. The lowest BCUT2D eigenvalue weighted by atomic mass is 9.73. The van der Waals surface area contributed by atoms with Crippen molar-refractivity contribution in [3.05, 3.63) is 0 Å². The van der Waals surface area contributed by atoms with Crippen LogP contribution in [0.4, 0.5) is 4.79 Å². The summed E-state index contributed by atoms with van der Waals surface area (Å²) >= 11 is 0. The molecule has 2 aliphatic rings. The molecule has 0 bridgehead atoms. The molecule has 0 radical (unpaired) electrons. The van der Waals surface area contributed by atoms with Crippen molar-refractivity contribution in [1.29, 1.82) is 0 Å². The Morgan fingerprint density at radius 2 is 1.87 bits per heavy atom. The second kappa shape index (κ2) is 3.67. The van der Waals surface area contributed by atoms with Crippen molar-refractivity contribution in [1.82, 2.24) is 14.7 Å². The highest BCUT2D eigenvalue weighted by Gasteiger charge is 2.52. The van der Waals surface area contributed by atoms with E-state index in [2.05, 4.69) is 11.8 Å². The zero-order chi connectivity index (χ0) is 11.1. The minimum Gasteiger partial charge on any atom is -0.328 e. The Morgan fingerprint density at radius 3 is 2.33 bits per heavy atom. The fourth-order valence-corrected chi connectivity index (χ4v) is 2.60. The van der Waals surface area contributed by atoms with E-state index in [0.29, 0.717) is 5.41 Å². The summed E-state index contributed by atoms with van der Waals surface area (Å²) in [5.74, 6) is 0. The van der Waals surface area contributed by atoms with E-state index in [-0.39, 0.29) is 6.03 Å². The Hall–Kier alpha value is -0.770. The lowest BCUT2D eigenvalue weighted by molar-refractivity contribution is -0.0957. The maximum Gasteiger partial charge on any atom is 0.319 e. The van der Waals surface area contributed by atoms with Crippen molar-refractivity contribution < 1.29 is 4.79 Å². The van der Waals surface area contributed by atoms with Gasteiger partial charge in [0.15, 0.2) is 0 Å². The maximum atomic E-state index is 11.8. The molecule has 2 rings (SSSR count). The molecule has 2 aliphatic heterocycles. The molecule has 0 saturated carbocycles. The second-order valence-electron chi connectivity index (χ2n) is 4.96. The molecule has 0 aliphatic carbocycles. The standard InChI is InChI=1S/C11H21N3O/c1-4-12(3)10(15)14-8-11(9-14)6-13(5-2)7-11/h4-9H2,1-3H3. The quantitative estimate of drug-likeness (QED) is 0.672. The Kier molecular flexibility index (Phi) is 2.63. The predicted molar refractivity (Wildman–Crippen MR) is 59.8 cm³/mol. The van der Waals surface area contributed by atoms with Crippen molar-refractivity contribution in [3.63, 3.8) is 0 Å². The zero-order valence-electron chi connectivity index (χ0n) is 9.99. The molecule has 2 amide bonds. The van der Waals surface area contributed by atoms with Crippen LogP contribution in [0.15, 0.2) is 0 Å². The third-order valence-electron chi connectivity index (χ3n) is 3.69. The fourth-order valence-electron chi connectivity index (χ4n) is 2.60. The van der Waals surface area contributed by atoms with Gasteiger partial charge < -0.3 is 14.7 Å². The van der Waals surface area contributed by atoms with E-state index in [1.54, 1.807) is 4.90 Å². The molecule has 0 aromatic heterocycles. The highest BCUT2D eigenvalue weighted by atomic mass is 16.2. The first kappa shape index (κ1) is 10.7. The van der Waals surface area contributed by atoms with Crippen LogP contribution in [0.1, 0.15) is 13.8 Å². The first-order valence-electron chi connectivity index (χ1n) is 5.82. The van der Waals surface area contributed by atoms with Gasteiger partial charge in [0.25, 0.3) is 0 Å². The molecule has 86 valence electrons. The highest BCUT2D eigenvalue weighted by Crippen LogP contribution is 2.39. The number of rotatable bonds is 2. The third kappa shape index (κ3) is 1.71. The van der Waals surface area contributed by atoms with Gasteiger partial charge in [0, 0.05) is 45.2 Å². The van der Waals surface area contributed by atoms with Crippen LogP contribution in [-0.4, -0.2) is 67.0 Å². The lowest BCUT2D eigenvalue weighted by Crippen LogP contribution is -2.73. The van der Waals surface area contributed by atoms with Crippen molar-refractivity contribution in [3.8, 4) is 0 Å². The Labute approximate surface area is 91.8 Å². The number of hydrogen-bond donors (Lipinski definition) is 0. The van der Waals surface area contributed by atoms with Gasteiger partial charge in [0.2, 0.25) is 0 Å². The number of amides is 2. The van der Waals surface area contributed by atoms with Crippen LogP contribution in [0, 0.1) is 5.41 Å². The number of likely N-dealkylation sites (tertiary alicyclic amines) is 2. The summed E-state index contributed by atoms with van der Waals surface area (Å²) in [6.45, 7) is 10.4. The molecule has 2 heterocycles. The third-order valence-corrected chi connectivity index (χ3v) is 3.69. The molecule has 0 unspecified atom stereocenters. The number of carbonyl (C=O) groups excluding carboxylic acids is 1. The lowest BCUT2D eigenvalue weighted by Gasteiger charge is -2.60. The molecule has 1 spiro atoms. The molecular formula is C11H21N3O. The Balaban J connectivity index is 1.77. The van der Waals surface area contributed by atoms with Gasteiger partial charge in [-0.15, -0.1) is 0 Å². The smallest absolute Gasteiger partial charge is 0.319 e. The van der Waals surface area contributed by atoms with Crippen molar-refractivity contribution in [2.75, 3.05) is 46.3 Å². The summed E-state index contributed by atoms with van der Waals surface area (Å²) < 4.78 is 0. The molecule has 0 atom stereocenters. The summed E-state index contributed by atoms with van der Waals surface area (Å²) in [6, 6.07) is 0.193. The summed E-state index contributed by atoms with van der Waals surface area (Å²) in [4.78, 5) is 18.0. The Morgan fingerprint density at radius 1 is 1.27 bits per heavy atom. The predicted octanol–water partition coefficient (Wildman–Crippen LogP) is 0.696. The van der Waals surface area contributed by atoms with Crippen LogP contribution in [0.5, 0.6) is 0 Å². The first-order valence-corrected chi connectivity index (χ1v) is 5.82. The van der Waals surface area contributed by atoms with Gasteiger partial charge in [0.1, 0.15) is 0 Å². The van der Waals surface area contributed by atoms with E-state index in [4.69, 9.17) is 0 Å². The molecule has 0 N–H and O–H groups in total. The molecule has 0 aromatic rings. The first-order chi connectivity index (χ1) is 7.10. The molecule has 15 heavy (non-hydrogen) atoms. The monoisotopic (exact) mass is 211 g/mol. The van der Waals surface area contributed by atoms with Crippen molar-refractivity contribution in [2.24, 2.45) is 5.41 Å². The maximum absolute atomic E-state index is 11.8. The van der Waals surface area contributed by atoms with E-state index in [9.17, 15) is 4.79 Å². The number of urea groups is 1. The summed E-state index contributed by atoms with van der Waals surface area (Å²) in [7, 11) is 1.87. The van der Waals surface area contributed by atoms with Gasteiger partial charge >= 0.3 is 6.03 Å². The van der Waals surface area contributed by atoms with Crippen LogP contribution in [0.3, 0.4) is 0 Å². The summed E-state index contributed by atoms with van der Waals surface area (Å²) in [6.07, 6.45) is 0. The SMILES string of the molecule is CCN1CC2(C1)CN(C(=O)N(C)CC)C2. The van der Waals surface area contributed by atoms with Crippen LogP contribution in [-0.2, 0) is 0 Å². The van der Waals surface area contributed by atoms with E-state index >= 15 is 0 Å². The molecule has 0 aromatic carbocycles. The highest BCUT2D eigenvalue weighted by molar-refractivity contribution is 5.75. The average Bonchev–Trinajstić information content (AvgIpc) is 2.12. The largest absolute Gasteiger partial charge is 0.328 e. The van der Waals surface area contributed by atoms with Crippen LogP contribution in [0.25, 0.3) is 0 Å². The molecular weight excluding hydrogens is 190 g/mol. The minimum atomic E-state index is 0.193. The molecule has 4 heteroatoms. The van der Waals surface area contributed by atoms with E-state index in [0.717, 1.165) is 26.2 Å². The van der Waals surface area contributed by atoms with E-state index < -0.39 is 0 Å². The van der Waals surface area contributed by atoms with E-state index in [1.165, 1.54) is 13.1 Å². The second-order valence-corrected chi connectivity index (χ2v) is 4.96. The normalized spacial score (nSPS) is 23.5. The fraction of sp³-hybridized carbons (Fsp3) is 0.909. The van der Waals surface area contributed by atoms with E-state index in [1.807, 2.05) is 18.9 Å². The molecule has 2 fully saturated rings. The number of carbonyl (C=O) groups is 1. The van der Waals surface area contributed by atoms with Gasteiger partial charge in [-0.05, 0) is 13.5 Å². The summed E-state index contributed by atoms with van der Waals surface area (Å²) in [5.41, 5.74) is 0.459. The topological polar surface area (TPSA) is 26.8 Å². The number of nitrogens with zero attached hydrogens (tertiary/aromatic N) is 3. The van der Waals surface area contributed by atoms with Crippen molar-refractivity contribution in [2.45, 2.75) is 13.8 Å². The van der Waals surface area contributed by atoms with Gasteiger partial charge in [-0.25, -0.2) is 4.79 Å². The summed E-state index contributed by atoms with van der Waals surface area (Å²) in [5, 5.41) is 0. The van der Waals surface area contributed by atoms with Gasteiger partial charge in [0.05, 0.1) is 0 Å². The van der Waals surface area contributed by atoms with Crippen LogP contribution >= 0.6 is 0 Å². The molecule has 4 nitrogen and oxygen atoms in total. The van der Waals surface area contributed by atoms with Gasteiger partial charge in [-0.1, -0.05) is 6.92 Å².